The number of aromatic nitrogens is 1. The van der Waals surface area contributed by atoms with E-state index in [1.54, 1.807) is 11.8 Å². The number of benzene rings is 3. The SMILES string of the molecule is Cc1ccc(NC(=O)CSc2cn(Cc3ccc(Br)cc3)c3ccccc23)cc1. The molecule has 0 aliphatic heterocycles. The molecule has 0 aliphatic rings. The van der Waals surface area contributed by atoms with Gasteiger partial charge in [-0.25, -0.2) is 0 Å². The molecule has 4 rings (SSSR count). The van der Waals surface area contributed by atoms with E-state index in [1.165, 1.54) is 22.0 Å². The van der Waals surface area contributed by atoms with Gasteiger partial charge in [-0.1, -0.05) is 64.0 Å². The van der Waals surface area contributed by atoms with Crippen LogP contribution in [0.5, 0.6) is 0 Å². The quantitative estimate of drug-likeness (QED) is 0.330. The number of hydrogen-bond donors (Lipinski definition) is 1. The lowest BCUT2D eigenvalue weighted by Crippen LogP contribution is -2.13. The minimum atomic E-state index is 0.00333. The standard InChI is InChI=1S/C24H21BrN2OS/c1-17-6-12-20(13-7-17)26-24(28)16-29-23-15-27(22-5-3-2-4-21(22)23)14-18-8-10-19(25)11-9-18/h2-13,15H,14,16H2,1H3,(H,26,28). The van der Waals surface area contributed by atoms with Gasteiger partial charge in [0, 0.05) is 38.7 Å². The van der Waals surface area contributed by atoms with Crippen LogP contribution < -0.4 is 5.32 Å². The van der Waals surface area contributed by atoms with Crippen molar-refractivity contribution >= 4 is 50.2 Å². The zero-order chi connectivity index (χ0) is 20.2. The minimum Gasteiger partial charge on any atom is -0.342 e. The molecule has 0 atom stereocenters. The molecule has 0 spiro atoms. The Morgan fingerprint density at radius 2 is 1.72 bits per heavy atom. The maximum absolute atomic E-state index is 12.4. The van der Waals surface area contributed by atoms with Gasteiger partial charge in [-0.15, -0.1) is 11.8 Å². The van der Waals surface area contributed by atoms with Gasteiger partial charge >= 0.3 is 0 Å². The summed E-state index contributed by atoms with van der Waals surface area (Å²) in [4.78, 5) is 13.5. The summed E-state index contributed by atoms with van der Waals surface area (Å²) >= 11 is 5.06. The molecule has 5 heteroatoms. The monoisotopic (exact) mass is 464 g/mol. The largest absolute Gasteiger partial charge is 0.342 e. The van der Waals surface area contributed by atoms with E-state index in [-0.39, 0.29) is 5.91 Å². The molecular formula is C24H21BrN2OS. The lowest BCUT2D eigenvalue weighted by Gasteiger charge is -2.05. The smallest absolute Gasteiger partial charge is 0.234 e. The molecular weight excluding hydrogens is 444 g/mol. The average molecular weight is 465 g/mol. The molecule has 0 bridgehead atoms. The summed E-state index contributed by atoms with van der Waals surface area (Å²) in [7, 11) is 0. The van der Waals surface area contributed by atoms with Crippen LogP contribution in [0.1, 0.15) is 11.1 Å². The summed E-state index contributed by atoms with van der Waals surface area (Å²) in [6.07, 6.45) is 2.15. The van der Waals surface area contributed by atoms with Crippen molar-refractivity contribution in [1.29, 1.82) is 0 Å². The van der Waals surface area contributed by atoms with Crippen molar-refractivity contribution in [1.82, 2.24) is 4.57 Å². The van der Waals surface area contributed by atoms with Gasteiger partial charge in [-0.2, -0.15) is 0 Å². The van der Waals surface area contributed by atoms with Crippen molar-refractivity contribution in [2.45, 2.75) is 18.4 Å². The topological polar surface area (TPSA) is 34.0 Å². The van der Waals surface area contributed by atoms with Crippen LogP contribution in [0.15, 0.2) is 88.4 Å². The van der Waals surface area contributed by atoms with Crippen molar-refractivity contribution < 1.29 is 4.79 Å². The predicted molar refractivity (Wildman–Crippen MR) is 126 cm³/mol. The zero-order valence-electron chi connectivity index (χ0n) is 16.1. The Morgan fingerprint density at radius 3 is 2.48 bits per heavy atom. The molecule has 1 heterocycles. The van der Waals surface area contributed by atoms with E-state index in [0.29, 0.717) is 5.75 Å². The number of carbonyl (C=O) groups is 1. The Labute approximate surface area is 183 Å². The molecule has 1 aromatic heterocycles. The third kappa shape index (κ3) is 4.92. The summed E-state index contributed by atoms with van der Waals surface area (Å²) in [6, 6.07) is 24.6. The average Bonchev–Trinajstić information content (AvgIpc) is 3.08. The molecule has 3 aromatic carbocycles. The number of nitrogens with zero attached hydrogens (tertiary/aromatic N) is 1. The van der Waals surface area contributed by atoms with Crippen LogP contribution in [0.4, 0.5) is 5.69 Å². The second-order valence-electron chi connectivity index (χ2n) is 6.97. The molecule has 1 N–H and O–H groups in total. The molecule has 4 aromatic rings. The van der Waals surface area contributed by atoms with Gasteiger partial charge in [0.25, 0.3) is 0 Å². The van der Waals surface area contributed by atoms with E-state index < -0.39 is 0 Å². The Morgan fingerprint density at radius 1 is 1.00 bits per heavy atom. The Kier molecular flexibility index (Phi) is 6.07. The number of para-hydroxylation sites is 1. The number of aryl methyl sites for hydroxylation is 1. The summed E-state index contributed by atoms with van der Waals surface area (Å²) in [6.45, 7) is 2.83. The van der Waals surface area contributed by atoms with Crippen LogP contribution in [-0.2, 0) is 11.3 Å². The molecule has 0 aliphatic carbocycles. The number of anilines is 1. The maximum Gasteiger partial charge on any atom is 0.234 e. The van der Waals surface area contributed by atoms with Crippen LogP contribution in [0.3, 0.4) is 0 Å². The van der Waals surface area contributed by atoms with Gasteiger partial charge in [-0.05, 0) is 42.8 Å². The van der Waals surface area contributed by atoms with E-state index >= 15 is 0 Å². The fraction of sp³-hybridized carbons (Fsp3) is 0.125. The first-order valence-corrected chi connectivity index (χ1v) is 11.2. The summed E-state index contributed by atoms with van der Waals surface area (Å²) in [5, 5.41) is 4.15. The van der Waals surface area contributed by atoms with Crippen molar-refractivity contribution in [3.63, 3.8) is 0 Å². The molecule has 3 nitrogen and oxygen atoms in total. The molecule has 0 saturated heterocycles. The fourth-order valence-corrected chi connectivity index (χ4v) is 4.38. The van der Waals surface area contributed by atoms with Gasteiger partial charge in [-0.3, -0.25) is 4.79 Å². The van der Waals surface area contributed by atoms with Crippen molar-refractivity contribution in [3.05, 3.63) is 94.6 Å². The van der Waals surface area contributed by atoms with Crippen LogP contribution in [-0.4, -0.2) is 16.2 Å². The number of thioether (sulfide) groups is 1. The normalized spacial score (nSPS) is 11.0. The minimum absolute atomic E-state index is 0.00333. The summed E-state index contributed by atoms with van der Waals surface area (Å²) in [5.41, 5.74) is 4.43. The van der Waals surface area contributed by atoms with Gasteiger partial charge < -0.3 is 9.88 Å². The number of amides is 1. The number of nitrogens with one attached hydrogen (secondary N) is 1. The highest BCUT2D eigenvalue weighted by Crippen LogP contribution is 2.30. The number of fused-ring (bicyclic) bond motifs is 1. The van der Waals surface area contributed by atoms with Gasteiger partial charge in [0.2, 0.25) is 5.91 Å². The van der Waals surface area contributed by atoms with E-state index in [9.17, 15) is 4.79 Å². The highest BCUT2D eigenvalue weighted by atomic mass is 79.9. The van der Waals surface area contributed by atoms with Crippen LogP contribution in [0, 0.1) is 6.92 Å². The highest BCUT2D eigenvalue weighted by molar-refractivity contribution is 9.10. The Balaban J connectivity index is 1.49. The lowest BCUT2D eigenvalue weighted by atomic mass is 10.2. The van der Waals surface area contributed by atoms with Crippen LogP contribution >= 0.6 is 27.7 Å². The van der Waals surface area contributed by atoms with E-state index in [1.807, 2.05) is 37.3 Å². The van der Waals surface area contributed by atoms with Crippen molar-refractivity contribution in [2.75, 3.05) is 11.1 Å². The van der Waals surface area contributed by atoms with Crippen LogP contribution in [0.25, 0.3) is 10.9 Å². The van der Waals surface area contributed by atoms with E-state index in [4.69, 9.17) is 0 Å². The fourth-order valence-electron chi connectivity index (χ4n) is 3.22. The number of hydrogen-bond acceptors (Lipinski definition) is 2. The molecule has 1 amide bonds. The number of carbonyl (C=O) groups excluding carboxylic acids is 1. The maximum atomic E-state index is 12.4. The molecule has 0 fully saturated rings. The third-order valence-electron chi connectivity index (χ3n) is 4.71. The Hall–Kier alpha value is -2.50. The number of halogens is 1. The van der Waals surface area contributed by atoms with Gasteiger partial charge in [0.15, 0.2) is 0 Å². The van der Waals surface area contributed by atoms with Crippen molar-refractivity contribution in [3.8, 4) is 0 Å². The summed E-state index contributed by atoms with van der Waals surface area (Å²) in [5.74, 6) is 0.378. The third-order valence-corrected chi connectivity index (χ3v) is 6.28. The summed E-state index contributed by atoms with van der Waals surface area (Å²) < 4.78 is 3.33. The van der Waals surface area contributed by atoms with Gasteiger partial charge in [0.05, 0.1) is 5.75 Å². The number of rotatable bonds is 6. The molecule has 0 saturated carbocycles. The van der Waals surface area contributed by atoms with E-state index in [2.05, 4.69) is 74.5 Å². The molecule has 146 valence electrons. The second-order valence-corrected chi connectivity index (χ2v) is 8.90. The van der Waals surface area contributed by atoms with Crippen LogP contribution in [0.2, 0.25) is 0 Å². The van der Waals surface area contributed by atoms with E-state index in [0.717, 1.165) is 21.6 Å². The zero-order valence-corrected chi connectivity index (χ0v) is 18.5. The Bertz CT molecular complexity index is 1130. The first kappa shape index (κ1) is 19.8. The first-order chi connectivity index (χ1) is 14.1. The van der Waals surface area contributed by atoms with Crippen molar-refractivity contribution in [2.24, 2.45) is 0 Å². The highest BCUT2D eigenvalue weighted by Gasteiger charge is 2.11. The molecule has 29 heavy (non-hydrogen) atoms. The second kappa shape index (κ2) is 8.89. The first-order valence-electron chi connectivity index (χ1n) is 9.40. The van der Waals surface area contributed by atoms with Gasteiger partial charge in [0.1, 0.15) is 0 Å². The molecule has 0 unspecified atom stereocenters. The predicted octanol–water partition coefficient (Wildman–Crippen LogP) is 6.49. The lowest BCUT2D eigenvalue weighted by molar-refractivity contribution is -0.113. The molecule has 0 radical (unpaired) electrons.